The van der Waals surface area contributed by atoms with Crippen LogP contribution in [0.15, 0.2) is 83.9 Å². The van der Waals surface area contributed by atoms with Crippen LogP contribution >= 0.6 is 0 Å². The number of fused-ring (bicyclic) bond motifs is 1. The Kier molecular flexibility index (Phi) is 11.1. The van der Waals surface area contributed by atoms with Crippen molar-refractivity contribution in [1.29, 1.82) is 0 Å². The third-order valence-electron chi connectivity index (χ3n) is 8.50. The standard InChI is InChI=1S/C37H44N4O6/c1-37(2,29-15-6-4-7-16-29)47-34(43)26-41-25-28-23-31(45-22-12-19-33(42)40(3)24-27-13-10-11-14-27)20-21-32(28)38-35(41)39-36(44)46-30-17-8-5-9-18-30/h4-9,15-18,20-21,23,27H,10-14,19,22,24-26H2,1-3H3,(H,38,39,44). The van der Waals surface area contributed by atoms with Gasteiger partial charge in [-0.05, 0) is 74.9 Å². The maximum Gasteiger partial charge on any atom is 0.419 e. The highest BCUT2D eigenvalue weighted by Gasteiger charge is 2.30. The lowest BCUT2D eigenvalue weighted by Gasteiger charge is -2.31. The van der Waals surface area contributed by atoms with Crippen LogP contribution in [0.1, 0.15) is 63.5 Å². The molecule has 0 unspecified atom stereocenters. The molecule has 1 aliphatic carbocycles. The van der Waals surface area contributed by atoms with E-state index in [-0.39, 0.29) is 25.0 Å². The molecule has 1 N–H and O–H groups in total. The minimum atomic E-state index is -0.864. The van der Waals surface area contributed by atoms with Crippen LogP contribution < -0.4 is 14.8 Å². The number of rotatable bonds is 12. The van der Waals surface area contributed by atoms with Crippen LogP contribution in [0.2, 0.25) is 0 Å². The third kappa shape index (κ3) is 9.57. The van der Waals surface area contributed by atoms with Crippen LogP contribution in [0.3, 0.4) is 0 Å². The molecule has 0 saturated heterocycles. The van der Waals surface area contributed by atoms with Crippen molar-refractivity contribution in [3.05, 3.63) is 90.0 Å². The first-order chi connectivity index (χ1) is 22.7. The number of carbonyl (C=O) groups is 3. The highest BCUT2D eigenvalue weighted by atomic mass is 16.6. The molecule has 0 radical (unpaired) electrons. The van der Waals surface area contributed by atoms with Gasteiger partial charge in [-0.3, -0.25) is 14.9 Å². The summed E-state index contributed by atoms with van der Waals surface area (Å²) in [5.41, 5.74) is 1.44. The Labute approximate surface area is 276 Å². The number of benzene rings is 3. The number of aliphatic imine (C=N–C) groups is 1. The first-order valence-electron chi connectivity index (χ1n) is 16.3. The summed E-state index contributed by atoms with van der Waals surface area (Å²) >= 11 is 0. The molecule has 0 atom stereocenters. The normalized spacial score (nSPS) is 14.5. The Morgan fingerprint density at radius 1 is 0.957 bits per heavy atom. The zero-order valence-electron chi connectivity index (χ0n) is 27.4. The van der Waals surface area contributed by atoms with Crippen molar-refractivity contribution in [3.63, 3.8) is 0 Å². The Morgan fingerprint density at radius 3 is 2.38 bits per heavy atom. The average Bonchev–Trinajstić information content (AvgIpc) is 3.57. The number of nitrogens with one attached hydrogen (secondary N) is 1. The average molecular weight is 641 g/mol. The van der Waals surface area contributed by atoms with E-state index in [1.165, 1.54) is 25.7 Å². The number of hydrogen-bond donors (Lipinski definition) is 1. The smallest absolute Gasteiger partial charge is 0.419 e. The van der Waals surface area contributed by atoms with Gasteiger partial charge in [0.2, 0.25) is 11.9 Å². The molecule has 1 saturated carbocycles. The van der Waals surface area contributed by atoms with Crippen LogP contribution in [0, 0.1) is 5.92 Å². The summed E-state index contributed by atoms with van der Waals surface area (Å²) in [6.07, 6.45) is 5.26. The molecule has 2 aliphatic rings. The number of para-hydroxylation sites is 1. The highest BCUT2D eigenvalue weighted by Crippen LogP contribution is 2.31. The van der Waals surface area contributed by atoms with Gasteiger partial charge in [0, 0.05) is 32.1 Å². The molecule has 0 spiro atoms. The molecule has 5 rings (SSSR count). The molecule has 1 aliphatic heterocycles. The van der Waals surface area contributed by atoms with Gasteiger partial charge in [0.15, 0.2) is 0 Å². The summed E-state index contributed by atoms with van der Waals surface area (Å²) in [5.74, 6) is 1.47. The number of carbonyl (C=O) groups excluding carboxylic acids is 3. The summed E-state index contributed by atoms with van der Waals surface area (Å²) in [6.45, 7) is 5.00. The summed E-state index contributed by atoms with van der Waals surface area (Å²) in [4.78, 5) is 46.8. The monoisotopic (exact) mass is 640 g/mol. The molecule has 10 heteroatoms. The Hall–Kier alpha value is -4.86. The van der Waals surface area contributed by atoms with Gasteiger partial charge in [-0.25, -0.2) is 9.79 Å². The fourth-order valence-electron chi connectivity index (χ4n) is 5.96. The Balaban J connectivity index is 1.22. The molecule has 248 valence electrons. The molecule has 1 heterocycles. The summed E-state index contributed by atoms with van der Waals surface area (Å²) in [6, 6.07) is 23.7. The van der Waals surface area contributed by atoms with E-state index in [0.717, 1.165) is 17.7 Å². The molecule has 0 bridgehead atoms. The number of esters is 1. The van der Waals surface area contributed by atoms with E-state index in [1.54, 1.807) is 29.2 Å². The van der Waals surface area contributed by atoms with E-state index >= 15 is 0 Å². The van der Waals surface area contributed by atoms with E-state index in [1.807, 2.05) is 80.4 Å². The molecule has 10 nitrogen and oxygen atoms in total. The molecule has 2 amide bonds. The maximum atomic E-state index is 13.3. The second kappa shape index (κ2) is 15.6. The lowest BCUT2D eigenvalue weighted by atomic mass is 9.98. The lowest BCUT2D eigenvalue weighted by molar-refractivity contribution is -0.158. The van der Waals surface area contributed by atoms with Gasteiger partial charge in [0.05, 0.1) is 12.3 Å². The molecular weight excluding hydrogens is 596 g/mol. The van der Waals surface area contributed by atoms with Gasteiger partial charge < -0.3 is 24.0 Å². The van der Waals surface area contributed by atoms with Crippen molar-refractivity contribution in [2.24, 2.45) is 10.9 Å². The van der Waals surface area contributed by atoms with Crippen molar-refractivity contribution >= 4 is 29.6 Å². The number of amides is 2. The Morgan fingerprint density at radius 2 is 1.66 bits per heavy atom. The van der Waals surface area contributed by atoms with Gasteiger partial charge in [-0.1, -0.05) is 61.4 Å². The van der Waals surface area contributed by atoms with E-state index < -0.39 is 17.7 Å². The Bertz CT molecular complexity index is 1550. The maximum absolute atomic E-state index is 13.3. The predicted octanol–water partition coefficient (Wildman–Crippen LogP) is 6.56. The fraction of sp³-hybridized carbons (Fsp3) is 0.405. The van der Waals surface area contributed by atoms with Crippen molar-refractivity contribution in [3.8, 4) is 11.5 Å². The molecule has 3 aromatic rings. The van der Waals surface area contributed by atoms with E-state index in [2.05, 4.69) is 10.3 Å². The van der Waals surface area contributed by atoms with Crippen LogP contribution in [0.4, 0.5) is 10.5 Å². The fourth-order valence-corrected chi connectivity index (χ4v) is 5.96. The third-order valence-corrected chi connectivity index (χ3v) is 8.50. The van der Waals surface area contributed by atoms with Crippen LogP contribution in [0.5, 0.6) is 11.5 Å². The van der Waals surface area contributed by atoms with Gasteiger partial charge >= 0.3 is 12.1 Å². The zero-order chi connectivity index (χ0) is 33.2. The number of hydrogen-bond acceptors (Lipinski definition) is 8. The second-order valence-electron chi connectivity index (χ2n) is 12.6. The first kappa shape index (κ1) is 33.5. The summed E-state index contributed by atoms with van der Waals surface area (Å²) in [5, 5.41) is 2.70. The lowest BCUT2D eigenvalue weighted by Crippen LogP contribution is -2.48. The molecule has 1 fully saturated rings. The van der Waals surface area contributed by atoms with Gasteiger partial charge in [-0.15, -0.1) is 0 Å². The van der Waals surface area contributed by atoms with Crippen molar-refractivity contribution in [1.82, 2.24) is 15.1 Å². The number of ether oxygens (including phenoxy) is 3. The molecule has 0 aromatic heterocycles. The quantitative estimate of drug-likeness (QED) is 0.176. The van der Waals surface area contributed by atoms with Gasteiger partial charge in [-0.2, -0.15) is 0 Å². The van der Waals surface area contributed by atoms with Crippen LogP contribution in [-0.4, -0.2) is 60.5 Å². The topological polar surface area (TPSA) is 110 Å². The van der Waals surface area contributed by atoms with Crippen molar-refractivity contribution in [2.75, 3.05) is 26.7 Å². The minimum absolute atomic E-state index is 0.143. The van der Waals surface area contributed by atoms with E-state index in [4.69, 9.17) is 14.2 Å². The summed E-state index contributed by atoms with van der Waals surface area (Å²) < 4.78 is 17.3. The first-order valence-corrected chi connectivity index (χ1v) is 16.3. The molecular formula is C37H44N4O6. The van der Waals surface area contributed by atoms with Crippen molar-refractivity contribution < 1.29 is 28.6 Å². The molecule has 3 aromatic carbocycles. The van der Waals surface area contributed by atoms with Crippen molar-refractivity contribution in [2.45, 2.75) is 64.5 Å². The molecule has 47 heavy (non-hydrogen) atoms. The number of guanidine groups is 1. The van der Waals surface area contributed by atoms with Gasteiger partial charge in [0.1, 0.15) is 23.6 Å². The van der Waals surface area contributed by atoms with Crippen LogP contribution in [-0.2, 0) is 26.5 Å². The number of nitrogens with zero attached hydrogens (tertiary/aromatic N) is 3. The highest BCUT2D eigenvalue weighted by molar-refractivity contribution is 5.98. The van der Waals surface area contributed by atoms with Crippen LogP contribution in [0.25, 0.3) is 0 Å². The largest absolute Gasteiger partial charge is 0.494 e. The van der Waals surface area contributed by atoms with Gasteiger partial charge in [0.25, 0.3) is 0 Å². The summed E-state index contributed by atoms with van der Waals surface area (Å²) in [7, 11) is 1.89. The SMILES string of the molecule is CN(CC1CCCC1)C(=O)CCCOc1ccc2c(c1)CN(CC(=O)OC(C)(C)c1ccccc1)C(NC(=O)Oc1ccccc1)=N2. The second-order valence-corrected chi connectivity index (χ2v) is 12.6. The van der Waals surface area contributed by atoms with E-state index in [9.17, 15) is 14.4 Å². The minimum Gasteiger partial charge on any atom is -0.494 e. The van der Waals surface area contributed by atoms with E-state index in [0.29, 0.717) is 42.6 Å². The zero-order valence-corrected chi connectivity index (χ0v) is 27.4. The predicted molar refractivity (Wildman–Crippen MR) is 179 cm³/mol.